The number of fused-ring (bicyclic) bond motifs is 1. The van der Waals surface area contributed by atoms with E-state index in [-0.39, 0.29) is 23.5 Å². The number of aryl methyl sites for hydroxylation is 1. The molecule has 2 aromatic heterocycles. The van der Waals surface area contributed by atoms with E-state index in [2.05, 4.69) is 37.5 Å². The Hall–Kier alpha value is -4.80. The Morgan fingerprint density at radius 2 is 1.76 bits per heavy atom. The maximum absolute atomic E-state index is 13.2. The third kappa shape index (κ3) is 5.31. The van der Waals surface area contributed by atoms with Gasteiger partial charge in [0.2, 0.25) is 11.9 Å². The highest BCUT2D eigenvalue weighted by atomic mass is 16.2. The van der Waals surface area contributed by atoms with Crippen molar-refractivity contribution in [2.24, 2.45) is 5.73 Å². The van der Waals surface area contributed by atoms with E-state index in [1.807, 2.05) is 12.4 Å². The summed E-state index contributed by atoms with van der Waals surface area (Å²) in [7, 11) is 0. The number of nitrogens with two attached hydrogens (primary N) is 1. The highest BCUT2D eigenvalue weighted by molar-refractivity contribution is 6.07. The lowest BCUT2D eigenvalue weighted by atomic mass is 10.0. The van der Waals surface area contributed by atoms with Gasteiger partial charge in [0.1, 0.15) is 5.52 Å². The number of aromatic nitrogens is 4. The standard InChI is InChI=1S/C27H28N8O3/c1-2-16-14-29-26(30-15-16)31-19-9-11-35(12-10-19)25(38)18-6-3-5-17(13-18)24(37)34-27-32-21-8-4-7-20(23(28)36)22(21)33-27/h3-8,13-15,19H,2,9-12H2,1H3,(H2,28,36)(H,29,30,31)(H2,32,33,34,37). The number of carbonyl (C=O) groups is 3. The number of imidazole rings is 1. The molecule has 2 aromatic carbocycles. The van der Waals surface area contributed by atoms with Gasteiger partial charge >= 0.3 is 0 Å². The lowest BCUT2D eigenvalue weighted by molar-refractivity contribution is 0.0718. The first kappa shape index (κ1) is 24.9. The second-order valence-corrected chi connectivity index (χ2v) is 9.17. The van der Waals surface area contributed by atoms with Crippen molar-refractivity contribution in [2.45, 2.75) is 32.2 Å². The summed E-state index contributed by atoms with van der Waals surface area (Å²) in [6.07, 6.45) is 6.07. The van der Waals surface area contributed by atoms with Gasteiger partial charge in [0, 0.05) is 42.7 Å². The topological polar surface area (TPSA) is 159 Å². The van der Waals surface area contributed by atoms with Gasteiger partial charge in [-0.05, 0) is 55.2 Å². The lowest BCUT2D eigenvalue weighted by Crippen LogP contribution is -2.42. The van der Waals surface area contributed by atoms with Crippen LogP contribution in [0.15, 0.2) is 54.9 Å². The van der Waals surface area contributed by atoms with Crippen LogP contribution in [-0.4, -0.2) is 61.7 Å². The van der Waals surface area contributed by atoms with Crippen LogP contribution in [0.5, 0.6) is 0 Å². The number of nitrogens with one attached hydrogen (secondary N) is 3. The van der Waals surface area contributed by atoms with Gasteiger partial charge in [-0.2, -0.15) is 0 Å². The minimum Gasteiger partial charge on any atom is -0.366 e. The number of anilines is 2. The van der Waals surface area contributed by atoms with Crippen LogP contribution in [0, 0.1) is 0 Å². The van der Waals surface area contributed by atoms with Crippen LogP contribution < -0.4 is 16.4 Å². The molecule has 3 amide bonds. The third-order valence-electron chi connectivity index (χ3n) is 6.61. The van der Waals surface area contributed by atoms with E-state index in [1.54, 1.807) is 47.4 Å². The predicted octanol–water partition coefficient (Wildman–Crippen LogP) is 2.98. The Morgan fingerprint density at radius 1 is 1.05 bits per heavy atom. The molecule has 11 heteroatoms. The molecule has 194 valence electrons. The van der Waals surface area contributed by atoms with E-state index in [1.165, 1.54) is 0 Å². The summed E-state index contributed by atoms with van der Waals surface area (Å²) in [5, 5.41) is 6.04. The number of benzene rings is 2. The van der Waals surface area contributed by atoms with Crippen LogP contribution in [0.4, 0.5) is 11.9 Å². The van der Waals surface area contributed by atoms with Crippen molar-refractivity contribution in [1.29, 1.82) is 0 Å². The highest BCUT2D eigenvalue weighted by Crippen LogP contribution is 2.20. The van der Waals surface area contributed by atoms with Gasteiger partial charge in [0.25, 0.3) is 17.7 Å². The Balaban J connectivity index is 1.21. The number of likely N-dealkylation sites (tertiary alicyclic amines) is 1. The molecule has 38 heavy (non-hydrogen) atoms. The van der Waals surface area contributed by atoms with Gasteiger partial charge in [-0.3, -0.25) is 19.7 Å². The molecule has 0 spiro atoms. The summed E-state index contributed by atoms with van der Waals surface area (Å²) in [5.74, 6) is -0.392. The number of piperidine rings is 1. The number of H-pyrrole nitrogens is 1. The maximum atomic E-state index is 13.2. The normalized spacial score (nSPS) is 13.9. The fourth-order valence-electron chi connectivity index (χ4n) is 4.47. The molecule has 4 aromatic rings. The molecule has 5 rings (SSSR count). The molecule has 0 bridgehead atoms. The smallest absolute Gasteiger partial charge is 0.257 e. The number of primary amides is 1. The zero-order valence-corrected chi connectivity index (χ0v) is 20.9. The molecule has 5 N–H and O–H groups in total. The van der Waals surface area contributed by atoms with Crippen LogP contribution in [0.2, 0.25) is 0 Å². The first-order valence-electron chi connectivity index (χ1n) is 12.5. The van der Waals surface area contributed by atoms with Crippen molar-refractivity contribution in [3.05, 3.63) is 77.1 Å². The van der Waals surface area contributed by atoms with E-state index >= 15 is 0 Å². The molecule has 1 saturated heterocycles. The van der Waals surface area contributed by atoms with E-state index < -0.39 is 11.8 Å². The number of carbonyl (C=O) groups excluding carboxylic acids is 3. The molecular weight excluding hydrogens is 484 g/mol. The quantitative estimate of drug-likeness (QED) is 0.296. The lowest BCUT2D eigenvalue weighted by Gasteiger charge is -2.32. The second-order valence-electron chi connectivity index (χ2n) is 9.17. The first-order chi connectivity index (χ1) is 18.4. The van der Waals surface area contributed by atoms with Crippen molar-refractivity contribution >= 4 is 40.7 Å². The van der Waals surface area contributed by atoms with Crippen molar-refractivity contribution in [3.8, 4) is 0 Å². The summed E-state index contributed by atoms with van der Waals surface area (Å²) in [6.45, 7) is 3.23. The molecule has 0 radical (unpaired) electrons. The highest BCUT2D eigenvalue weighted by Gasteiger charge is 2.25. The number of hydrogen-bond donors (Lipinski definition) is 4. The molecule has 1 fully saturated rings. The van der Waals surface area contributed by atoms with Gasteiger partial charge in [0.15, 0.2) is 0 Å². The summed E-state index contributed by atoms with van der Waals surface area (Å²) < 4.78 is 0. The Morgan fingerprint density at radius 3 is 2.47 bits per heavy atom. The monoisotopic (exact) mass is 512 g/mol. The van der Waals surface area contributed by atoms with Crippen molar-refractivity contribution in [1.82, 2.24) is 24.8 Å². The van der Waals surface area contributed by atoms with Crippen LogP contribution >= 0.6 is 0 Å². The van der Waals surface area contributed by atoms with Gasteiger partial charge < -0.3 is 20.9 Å². The fourth-order valence-corrected chi connectivity index (χ4v) is 4.47. The SMILES string of the molecule is CCc1cnc(NC2CCN(C(=O)c3cccc(C(=O)Nc4nc5c(C(N)=O)cccc5[nH]4)c3)CC2)nc1. The summed E-state index contributed by atoms with van der Waals surface area (Å²) >= 11 is 0. The number of amides is 3. The predicted molar refractivity (Wildman–Crippen MR) is 143 cm³/mol. The fraction of sp³-hybridized carbons (Fsp3) is 0.259. The van der Waals surface area contributed by atoms with E-state index in [0.717, 1.165) is 24.8 Å². The van der Waals surface area contributed by atoms with Gasteiger partial charge in [-0.15, -0.1) is 0 Å². The zero-order valence-electron chi connectivity index (χ0n) is 20.9. The van der Waals surface area contributed by atoms with Crippen molar-refractivity contribution < 1.29 is 14.4 Å². The van der Waals surface area contributed by atoms with Crippen molar-refractivity contribution in [3.63, 3.8) is 0 Å². The molecule has 0 aliphatic carbocycles. The Bertz CT molecular complexity index is 1490. The number of aromatic amines is 1. The summed E-state index contributed by atoms with van der Waals surface area (Å²) in [4.78, 5) is 55.5. The van der Waals surface area contributed by atoms with Gasteiger partial charge in [-0.1, -0.05) is 19.1 Å². The van der Waals surface area contributed by atoms with Crippen LogP contribution in [0.25, 0.3) is 11.0 Å². The van der Waals surface area contributed by atoms with Crippen LogP contribution in [0.1, 0.15) is 56.4 Å². The van der Waals surface area contributed by atoms with E-state index in [9.17, 15) is 14.4 Å². The molecule has 0 unspecified atom stereocenters. The molecule has 0 atom stereocenters. The minimum absolute atomic E-state index is 0.128. The number of rotatable bonds is 7. The van der Waals surface area contributed by atoms with Crippen LogP contribution in [-0.2, 0) is 6.42 Å². The minimum atomic E-state index is -0.607. The molecule has 3 heterocycles. The molecule has 11 nitrogen and oxygen atoms in total. The maximum Gasteiger partial charge on any atom is 0.257 e. The molecular formula is C27H28N8O3. The second kappa shape index (κ2) is 10.7. The molecule has 0 saturated carbocycles. The number of para-hydroxylation sites is 1. The van der Waals surface area contributed by atoms with Crippen molar-refractivity contribution in [2.75, 3.05) is 23.7 Å². The zero-order chi connectivity index (χ0) is 26.6. The van der Waals surface area contributed by atoms with Gasteiger partial charge in [0.05, 0.1) is 11.1 Å². The van der Waals surface area contributed by atoms with E-state index in [0.29, 0.717) is 41.2 Å². The number of hydrogen-bond acceptors (Lipinski definition) is 7. The number of nitrogens with zero attached hydrogens (tertiary/aromatic N) is 4. The molecule has 1 aliphatic heterocycles. The van der Waals surface area contributed by atoms with Crippen LogP contribution in [0.3, 0.4) is 0 Å². The third-order valence-corrected chi connectivity index (χ3v) is 6.61. The average Bonchev–Trinajstić information content (AvgIpc) is 3.36. The largest absolute Gasteiger partial charge is 0.366 e. The Labute approximate surface area is 218 Å². The average molecular weight is 513 g/mol. The summed E-state index contributed by atoms with van der Waals surface area (Å²) in [5.41, 5.74) is 8.45. The molecule has 1 aliphatic rings. The van der Waals surface area contributed by atoms with Gasteiger partial charge in [-0.25, -0.2) is 15.0 Å². The van der Waals surface area contributed by atoms with E-state index in [4.69, 9.17) is 5.73 Å². The Kier molecular flexibility index (Phi) is 6.98. The first-order valence-corrected chi connectivity index (χ1v) is 12.5. The summed E-state index contributed by atoms with van der Waals surface area (Å²) in [6, 6.07) is 11.7.